The zero-order valence-corrected chi connectivity index (χ0v) is 11.5. The largest absolute Gasteiger partial charge is 0.481 e. The molecule has 3 amide bonds. The number of hydrogen-bond donors (Lipinski definition) is 2. The van der Waals surface area contributed by atoms with Gasteiger partial charge in [0.1, 0.15) is 0 Å². The lowest BCUT2D eigenvalue weighted by Crippen LogP contribution is -2.42. The molecular formula is C12H12BrFN2O3. The molecule has 1 aromatic carbocycles. The molecule has 1 aliphatic rings. The van der Waals surface area contributed by atoms with E-state index in [1.54, 1.807) is 6.07 Å². The van der Waals surface area contributed by atoms with Gasteiger partial charge in [-0.2, -0.15) is 0 Å². The zero-order valence-electron chi connectivity index (χ0n) is 9.91. The van der Waals surface area contributed by atoms with Crippen molar-refractivity contribution in [2.45, 2.75) is 18.9 Å². The van der Waals surface area contributed by atoms with E-state index in [1.807, 2.05) is 0 Å². The highest BCUT2D eigenvalue weighted by Crippen LogP contribution is 2.21. The van der Waals surface area contributed by atoms with Crippen LogP contribution < -0.4 is 15.4 Å². The van der Waals surface area contributed by atoms with Crippen molar-refractivity contribution in [1.29, 1.82) is 0 Å². The van der Waals surface area contributed by atoms with Crippen molar-refractivity contribution >= 4 is 27.9 Å². The molecule has 2 N–H and O–H groups in total. The SMILES string of the molecule is O=C(COc1ccc(Br)cc1F)NC(=O)NC1CC1. The maximum absolute atomic E-state index is 13.4. The number of amides is 3. The Hall–Kier alpha value is -1.63. The minimum Gasteiger partial charge on any atom is -0.481 e. The topological polar surface area (TPSA) is 67.4 Å². The second-order valence-corrected chi connectivity index (χ2v) is 5.08. The predicted octanol–water partition coefficient (Wildman–Crippen LogP) is 1.96. The van der Waals surface area contributed by atoms with E-state index in [-0.39, 0.29) is 11.8 Å². The molecule has 2 rings (SSSR count). The van der Waals surface area contributed by atoms with Gasteiger partial charge in [-0.1, -0.05) is 15.9 Å². The number of imide groups is 1. The van der Waals surface area contributed by atoms with Gasteiger partial charge < -0.3 is 10.1 Å². The molecule has 5 nitrogen and oxygen atoms in total. The van der Waals surface area contributed by atoms with Crippen LogP contribution in [0.1, 0.15) is 12.8 Å². The van der Waals surface area contributed by atoms with Crippen LogP contribution in [0.15, 0.2) is 22.7 Å². The minimum absolute atomic E-state index is 0.0408. The lowest BCUT2D eigenvalue weighted by atomic mass is 10.3. The van der Waals surface area contributed by atoms with Gasteiger partial charge in [0.05, 0.1) is 0 Å². The van der Waals surface area contributed by atoms with Gasteiger partial charge in [0.2, 0.25) is 0 Å². The third kappa shape index (κ3) is 4.51. The molecule has 0 heterocycles. The number of urea groups is 1. The maximum Gasteiger partial charge on any atom is 0.321 e. The van der Waals surface area contributed by atoms with Gasteiger partial charge >= 0.3 is 6.03 Å². The highest BCUT2D eigenvalue weighted by Gasteiger charge is 2.23. The Balaban J connectivity index is 1.77. The molecule has 102 valence electrons. The third-order valence-corrected chi connectivity index (χ3v) is 2.91. The van der Waals surface area contributed by atoms with Crippen molar-refractivity contribution in [2.24, 2.45) is 0 Å². The van der Waals surface area contributed by atoms with Crippen molar-refractivity contribution in [3.63, 3.8) is 0 Å². The molecule has 0 spiro atoms. The van der Waals surface area contributed by atoms with Gasteiger partial charge in [-0.3, -0.25) is 10.1 Å². The number of rotatable bonds is 4. The normalized spacial score (nSPS) is 13.8. The van der Waals surface area contributed by atoms with E-state index in [9.17, 15) is 14.0 Å². The first kappa shape index (κ1) is 13.8. The van der Waals surface area contributed by atoms with Gasteiger partial charge in [0.15, 0.2) is 18.2 Å². The molecule has 1 fully saturated rings. The molecule has 0 atom stereocenters. The van der Waals surface area contributed by atoms with E-state index in [0.717, 1.165) is 12.8 Å². The summed E-state index contributed by atoms with van der Waals surface area (Å²) < 4.78 is 18.9. The molecule has 0 aliphatic heterocycles. The van der Waals surface area contributed by atoms with Crippen molar-refractivity contribution in [3.8, 4) is 5.75 Å². The molecule has 0 aromatic heterocycles. The highest BCUT2D eigenvalue weighted by molar-refractivity contribution is 9.10. The molecule has 1 aliphatic carbocycles. The summed E-state index contributed by atoms with van der Waals surface area (Å²) in [6.07, 6.45) is 1.87. The summed E-state index contributed by atoms with van der Waals surface area (Å²) in [5.41, 5.74) is 0. The molecule has 7 heteroatoms. The molecular weight excluding hydrogens is 319 g/mol. The van der Waals surface area contributed by atoms with E-state index < -0.39 is 24.4 Å². The van der Waals surface area contributed by atoms with Crippen molar-refractivity contribution in [3.05, 3.63) is 28.5 Å². The molecule has 19 heavy (non-hydrogen) atoms. The second kappa shape index (κ2) is 6.01. The molecule has 0 unspecified atom stereocenters. The fourth-order valence-electron chi connectivity index (χ4n) is 1.35. The van der Waals surface area contributed by atoms with Crippen LogP contribution in [0.4, 0.5) is 9.18 Å². The summed E-state index contributed by atoms with van der Waals surface area (Å²) in [7, 11) is 0. The van der Waals surface area contributed by atoms with Crippen LogP contribution >= 0.6 is 15.9 Å². The lowest BCUT2D eigenvalue weighted by Gasteiger charge is -2.08. The average molecular weight is 331 g/mol. The summed E-state index contributed by atoms with van der Waals surface area (Å²) in [6.45, 7) is -0.420. The number of nitrogens with one attached hydrogen (secondary N) is 2. The van der Waals surface area contributed by atoms with Crippen LogP contribution in [0.25, 0.3) is 0 Å². The second-order valence-electron chi connectivity index (χ2n) is 4.16. The number of benzene rings is 1. The van der Waals surface area contributed by atoms with Crippen LogP contribution in [0.3, 0.4) is 0 Å². The standard InChI is InChI=1S/C12H12BrFN2O3/c13-7-1-4-10(9(14)5-7)19-6-11(17)16-12(18)15-8-2-3-8/h1,4-5,8H,2-3,6H2,(H2,15,16,17,18). The predicted molar refractivity (Wildman–Crippen MR) is 69.3 cm³/mol. The zero-order chi connectivity index (χ0) is 13.8. The van der Waals surface area contributed by atoms with Crippen LogP contribution in [0.2, 0.25) is 0 Å². The molecule has 1 saturated carbocycles. The fraction of sp³-hybridized carbons (Fsp3) is 0.333. The fourth-order valence-corrected chi connectivity index (χ4v) is 1.68. The minimum atomic E-state index is -0.625. The lowest BCUT2D eigenvalue weighted by molar-refractivity contribution is -0.122. The Labute approximate surface area is 117 Å². The quantitative estimate of drug-likeness (QED) is 0.886. The highest BCUT2D eigenvalue weighted by atomic mass is 79.9. The van der Waals surface area contributed by atoms with Crippen LogP contribution in [0, 0.1) is 5.82 Å². The molecule has 1 aromatic rings. The summed E-state index contributed by atoms with van der Waals surface area (Å²) in [5, 5.41) is 4.70. The smallest absolute Gasteiger partial charge is 0.321 e. The van der Waals surface area contributed by atoms with E-state index in [4.69, 9.17) is 4.74 Å². The molecule has 0 radical (unpaired) electrons. The van der Waals surface area contributed by atoms with E-state index in [2.05, 4.69) is 26.6 Å². The Morgan fingerprint density at radius 1 is 1.42 bits per heavy atom. The maximum atomic E-state index is 13.4. The Morgan fingerprint density at radius 3 is 2.79 bits per heavy atom. The third-order valence-electron chi connectivity index (χ3n) is 2.42. The Bertz CT molecular complexity index is 506. The average Bonchev–Trinajstić information content (AvgIpc) is 3.11. The van der Waals surface area contributed by atoms with Crippen molar-refractivity contribution < 1.29 is 18.7 Å². The summed E-state index contributed by atoms with van der Waals surface area (Å²) in [4.78, 5) is 22.6. The summed E-state index contributed by atoms with van der Waals surface area (Å²) in [6, 6.07) is 3.84. The number of ether oxygens (including phenoxy) is 1. The molecule has 0 saturated heterocycles. The van der Waals surface area contributed by atoms with Gasteiger partial charge in [-0.05, 0) is 31.0 Å². The van der Waals surface area contributed by atoms with Crippen molar-refractivity contribution in [1.82, 2.24) is 10.6 Å². The van der Waals surface area contributed by atoms with E-state index in [1.165, 1.54) is 12.1 Å². The van der Waals surface area contributed by atoms with Gasteiger partial charge in [-0.15, -0.1) is 0 Å². The Morgan fingerprint density at radius 2 is 2.16 bits per heavy atom. The number of carbonyl (C=O) groups excluding carboxylic acids is 2. The van der Waals surface area contributed by atoms with Crippen LogP contribution in [-0.2, 0) is 4.79 Å². The Kier molecular flexibility index (Phi) is 4.36. The number of carbonyl (C=O) groups is 2. The molecule has 0 bridgehead atoms. The van der Waals surface area contributed by atoms with Crippen LogP contribution in [0.5, 0.6) is 5.75 Å². The van der Waals surface area contributed by atoms with Gasteiger partial charge in [0.25, 0.3) is 5.91 Å². The van der Waals surface area contributed by atoms with Crippen molar-refractivity contribution in [2.75, 3.05) is 6.61 Å². The summed E-state index contributed by atoms with van der Waals surface area (Å²) in [5.74, 6) is -1.24. The first-order valence-corrected chi connectivity index (χ1v) is 6.52. The first-order valence-electron chi connectivity index (χ1n) is 5.73. The van der Waals surface area contributed by atoms with Gasteiger partial charge in [-0.25, -0.2) is 9.18 Å². The first-order chi connectivity index (χ1) is 9.04. The summed E-state index contributed by atoms with van der Waals surface area (Å²) >= 11 is 3.11. The number of hydrogen-bond acceptors (Lipinski definition) is 3. The van der Waals surface area contributed by atoms with Crippen LogP contribution in [-0.4, -0.2) is 24.6 Å². The van der Waals surface area contributed by atoms with Gasteiger partial charge in [0, 0.05) is 10.5 Å². The monoisotopic (exact) mass is 330 g/mol. The van der Waals surface area contributed by atoms with E-state index >= 15 is 0 Å². The number of halogens is 2. The van der Waals surface area contributed by atoms with E-state index in [0.29, 0.717) is 4.47 Å².